The zero-order valence-electron chi connectivity index (χ0n) is 14.0. The minimum absolute atomic E-state index is 0.178. The fourth-order valence-corrected chi connectivity index (χ4v) is 2.98. The summed E-state index contributed by atoms with van der Waals surface area (Å²) in [6, 6.07) is 14.2. The number of rotatable bonds is 3. The molecule has 0 N–H and O–H groups in total. The van der Waals surface area contributed by atoms with Gasteiger partial charge in [0.15, 0.2) is 12.4 Å². The molecule has 0 aliphatic heterocycles. The molecule has 0 fully saturated rings. The molecule has 2 aromatic heterocycles. The molecular formula is C19H19NO3S2. The molecule has 0 saturated heterocycles. The molecule has 0 radical (unpaired) electrons. The fraction of sp³-hybridized carbons (Fsp3) is 0.105. The van der Waals surface area contributed by atoms with Crippen LogP contribution in [0.25, 0.3) is 12.2 Å². The molecule has 0 aliphatic carbocycles. The van der Waals surface area contributed by atoms with Crippen LogP contribution in [0.5, 0.6) is 0 Å². The lowest BCUT2D eigenvalue weighted by atomic mass is 10.2. The topological polar surface area (TPSA) is 61.1 Å². The predicted molar refractivity (Wildman–Crippen MR) is 100 cm³/mol. The van der Waals surface area contributed by atoms with E-state index < -0.39 is 10.1 Å². The van der Waals surface area contributed by atoms with Crippen LogP contribution in [-0.2, 0) is 17.2 Å². The summed E-state index contributed by atoms with van der Waals surface area (Å²) < 4.78 is 33.2. The van der Waals surface area contributed by atoms with Gasteiger partial charge >= 0.3 is 0 Å². The first-order chi connectivity index (χ1) is 11.8. The summed E-state index contributed by atoms with van der Waals surface area (Å²) in [6.07, 6.45) is 8.37. The molecule has 2 heterocycles. The number of thiophene rings is 1. The lowest BCUT2D eigenvalue weighted by Gasteiger charge is -2.05. The SMILES string of the molecule is C[n+]1ccc(/C=C/c2cccs2)cc1.Cc1ccc(S(=O)(=O)[O-])cc1. The van der Waals surface area contributed by atoms with E-state index in [0.717, 1.165) is 5.56 Å². The van der Waals surface area contributed by atoms with Gasteiger partial charge in [0.1, 0.15) is 17.2 Å². The van der Waals surface area contributed by atoms with Crippen molar-refractivity contribution in [3.05, 3.63) is 82.3 Å². The highest BCUT2D eigenvalue weighted by Gasteiger charge is 1.97. The highest BCUT2D eigenvalue weighted by molar-refractivity contribution is 7.85. The van der Waals surface area contributed by atoms with Crippen molar-refractivity contribution in [2.75, 3.05) is 0 Å². The van der Waals surface area contributed by atoms with Crippen molar-refractivity contribution in [2.24, 2.45) is 7.05 Å². The molecule has 0 amide bonds. The van der Waals surface area contributed by atoms with Crippen LogP contribution in [-0.4, -0.2) is 13.0 Å². The van der Waals surface area contributed by atoms with Crippen LogP contribution in [0.3, 0.4) is 0 Å². The van der Waals surface area contributed by atoms with Crippen molar-refractivity contribution in [1.29, 1.82) is 0 Å². The molecule has 1 aromatic carbocycles. The Bertz CT molecular complexity index is 912. The Morgan fingerprint density at radius 2 is 1.64 bits per heavy atom. The van der Waals surface area contributed by atoms with E-state index in [0.29, 0.717) is 0 Å². The van der Waals surface area contributed by atoms with Crippen molar-refractivity contribution in [2.45, 2.75) is 11.8 Å². The number of benzene rings is 1. The van der Waals surface area contributed by atoms with Crippen LogP contribution < -0.4 is 4.57 Å². The number of aromatic nitrogens is 1. The Balaban J connectivity index is 0.000000186. The summed E-state index contributed by atoms with van der Waals surface area (Å²) in [5.74, 6) is 0. The number of aryl methyl sites for hydroxylation is 2. The summed E-state index contributed by atoms with van der Waals surface area (Å²) in [4.78, 5) is 1.11. The third-order valence-corrected chi connectivity index (χ3v) is 4.98. The molecule has 130 valence electrons. The molecule has 0 saturated carbocycles. The Labute approximate surface area is 152 Å². The van der Waals surface area contributed by atoms with Gasteiger partial charge in [-0.2, -0.15) is 0 Å². The number of pyridine rings is 1. The monoisotopic (exact) mass is 373 g/mol. The first-order valence-electron chi connectivity index (χ1n) is 7.54. The smallest absolute Gasteiger partial charge is 0.169 e. The molecule has 0 spiro atoms. The van der Waals surface area contributed by atoms with Crippen molar-refractivity contribution in [1.82, 2.24) is 0 Å². The maximum atomic E-state index is 10.4. The first kappa shape index (κ1) is 19.1. The van der Waals surface area contributed by atoms with Crippen LogP contribution in [0.1, 0.15) is 16.0 Å². The zero-order valence-corrected chi connectivity index (χ0v) is 15.6. The van der Waals surface area contributed by atoms with Gasteiger partial charge in [0.05, 0.1) is 4.90 Å². The molecule has 25 heavy (non-hydrogen) atoms. The Morgan fingerprint density at radius 1 is 1.00 bits per heavy atom. The van der Waals surface area contributed by atoms with Crippen LogP contribution in [0.2, 0.25) is 0 Å². The second-order valence-electron chi connectivity index (χ2n) is 5.41. The maximum absolute atomic E-state index is 10.4. The molecule has 3 aromatic rings. The van der Waals surface area contributed by atoms with Crippen LogP contribution in [0.4, 0.5) is 0 Å². The van der Waals surface area contributed by atoms with Gasteiger partial charge in [-0.25, -0.2) is 13.0 Å². The average Bonchev–Trinajstić information content (AvgIpc) is 3.08. The molecule has 3 rings (SSSR count). The summed E-state index contributed by atoms with van der Waals surface area (Å²) in [5.41, 5.74) is 2.16. The highest BCUT2D eigenvalue weighted by Crippen LogP contribution is 2.12. The summed E-state index contributed by atoms with van der Waals surface area (Å²) in [7, 11) is -2.25. The third kappa shape index (κ3) is 6.62. The lowest BCUT2D eigenvalue weighted by Crippen LogP contribution is -2.25. The van der Waals surface area contributed by atoms with Gasteiger partial charge in [0.2, 0.25) is 0 Å². The van der Waals surface area contributed by atoms with E-state index in [1.54, 1.807) is 23.5 Å². The second kappa shape index (κ2) is 8.71. The fourth-order valence-electron chi connectivity index (χ4n) is 1.89. The molecule has 0 bridgehead atoms. The van der Waals surface area contributed by atoms with E-state index in [4.69, 9.17) is 0 Å². The zero-order chi connectivity index (χ0) is 18.3. The highest BCUT2D eigenvalue weighted by atomic mass is 32.2. The van der Waals surface area contributed by atoms with Gasteiger partial charge in [-0.3, -0.25) is 0 Å². The van der Waals surface area contributed by atoms with E-state index in [1.807, 2.05) is 30.9 Å². The minimum Gasteiger partial charge on any atom is -0.744 e. The maximum Gasteiger partial charge on any atom is 0.169 e. The molecule has 0 aliphatic rings. The average molecular weight is 373 g/mol. The second-order valence-corrected chi connectivity index (χ2v) is 7.77. The Kier molecular flexibility index (Phi) is 6.64. The molecule has 4 nitrogen and oxygen atoms in total. The van der Waals surface area contributed by atoms with Crippen molar-refractivity contribution in [3.8, 4) is 0 Å². The number of hydrogen-bond acceptors (Lipinski definition) is 4. The Morgan fingerprint density at radius 3 is 2.16 bits per heavy atom. The van der Waals surface area contributed by atoms with E-state index >= 15 is 0 Å². The predicted octanol–water partition coefficient (Wildman–Crippen LogP) is 3.64. The van der Waals surface area contributed by atoms with Crippen molar-refractivity contribution < 1.29 is 17.5 Å². The van der Waals surface area contributed by atoms with Gasteiger partial charge in [-0.1, -0.05) is 29.8 Å². The standard InChI is InChI=1S/C12H12NS.C7H8O3S/c1-13-8-6-11(7-9-13)4-5-12-3-2-10-14-12;1-6-2-4-7(5-3-6)11(8,9)10/h2-10H,1H3;2-5H,1H3,(H,8,9,10)/q+1;/p-1/b5-4+;. The Hall–Kier alpha value is -2.28. The minimum atomic E-state index is -4.27. The van der Waals surface area contributed by atoms with Crippen LogP contribution in [0.15, 0.2) is 71.2 Å². The molecular weight excluding hydrogens is 354 g/mol. The van der Waals surface area contributed by atoms with Crippen LogP contribution in [0, 0.1) is 6.92 Å². The van der Waals surface area contributed by atoms with Gasteiger partial charge in [0.25, 0.3) is 0 Å². The van der Waals surface area contributed by atoms with Gasteiger partial charge < -0.3 is 4.55 Å². The summed E-state index contributed by atoms with van der Waals surface area (Å²) in [5, 5.41) is 2.09. The summed E-state index contributed by atoms with van der Waals surface area (Å²) in [6.45, 7) is 1.82. The van der Waals surface area contributed by atoms with E-state index in [1.165, 1.54) is 22.6 Å². The first-order valence-corrected chi connectivity index (χ1v) is 9.83. The van der Waals surface area contributed by atoms with Crippen molar-refractivity contribution in [3.63, 3.8) is 0 Å². The number of nitrogens with zero attached hydrogens (tertiary/aromatic N) is 1. The lowest BCUT2D eigenvalue weighted by molar-refractivity contribution is -0.671. The van der Waals surface area contributed by atoms with Gasteiger partial charge in [0, 0.05) is 17.0 Å². The van der Waals surface area contributed by atoms with Gasteiger partial charge in [-0.15, -0.1) is 11.3 Å². The van der Waals surface area contributed by atoms with E-state index in [2.05, 4.69) is 41.8 Å². The van der Waals surface area contributed by atoms with E-state index in [-0.39, 0.29) is 4.90 Å². The number of hydrogen-bond donors (Lipinski definition) is 0. The molecule has 0 atom stereocenters. The van der Waals surface area contributed by atoms with Crippen molar-refractivity contribution >= 4 is 33.6 Å². The largest absolute Gasteiger partial charge is 0.744 e. The van der Waals surface area contributed by atoms with E-state index in [9.17, 15) is 13.0 Å². The van der Waals surface area contributed by atoms with Crippen LogP contribution >= 0.6 is 11.3 Å². The third-order valence-electron chi connectivity index (χ3n) is 3.30. The normalized spacial score (nSPS) is 11.2. The van der Waals surface area contributed by atoms with Gasteiger partial charge in [-0.05, 0) is 42.1 Å². The summed E-state index contributed by atoms with van der Waals surface area (Å²) >= 11 is 1.75. The molecule has 0 unspecified atom stereocenters. The molecule has 6 heteroatoms. The quantitative estimate of drug-likeness (QED) is 0.520.